The van der Waals surface area contributed by atoms with Crippen molar-refractivity contribution in [3.8, 4) is 0 Å². The van der Waals surface area contributed by atoms with Gasteiger partial charge in [0.15, 0.2) is 5.69 Å². The van der Waals surface area contributed by atoms with Crippen molar-refractivity contribution in [2.75, 3.05) is 5.32 Å². The smallest absolute Gasteiger partial charge is 0.358 e. The van der Waals surface area contributed by atoms with Crippen molar-refractivity contribution in [1.29, 1.82) is 0 Å². The number of hydrogen-bond donors (Lipinski definition) is 2. The van der Waals surface area contributed by atoms with Crippen LogP contribution < -0.4 is 5.32 Å². The minimum absolute atomic E-state index is 0.0792. The zero-order valence-electron chi connectivity index (χ0n) is 11.8. The summed E-state index contributed by atoms with van der Waals surface area (Å²) in [5, 5.41) is 18.9. The van der Waals surface area contributed by atoms with Gasteiger partial charge in [-0.2, -0.15) is 0 Å². The van der Waals surface area contributed by atoms with E-state index in [1.807, 2.05) is 31.2 Å². The summed E-state index contributed by atoms with van der Waals surface area (Å²) < 4.78 is 1.27. The highest BCUT2D eigenvalue weighted by atomic mass is 16.4. The fraction of sp³-hybridized carbons (Fsp3) is 0.286. The van der Waals surface area contributed by atoms with Crippen LogP contribution in [0, 0.1) is 6.92 Å². The molecule has 0 aliphatic rings. The Labute approximate surface area is 121 Å². The molecular formula is C14H16N4O3. The molecule has 0 bridgehead atoms. The molecule has 7 nitrogen and oxygen atoms in total. The van der Waals surface area contributed by atoms with Gasteiger partial charge in [-0.15, -0.1) is 5.10 Å². The summed E-state index contributed by atoms with van der Waals surface area (Å²) in [4.78, 5) is 22.9. The maximum absolute atomic E-state index is 12.0. The van der Waals surface area contributed by atoms with E-state index < -0.39 is 5.97 Å². The van der Waals surface area contributed by atoms with Gasteiger partial charge in [0, 0.05) is 5.69 Å². The highest BCUT2D eigenvalue weighted by Gasteiger charge is 2.17. The Kier molecular flexibility index (Phi) is 4.32. The summed E-state index contributed by atoms with van der Waals surface area (Å²) in [5.41, 5.74) is 1.99. The number of carboxylic acids is 1. The first-order chi connectivity index (χ1) is 10.0. The van der Waals surface area contributed by atoms with Crippen molar-refractivity contribution >= 4 is 17.6 Å². The lowest BCUT2D eigenvalue weighted by atomic mass is 10.1. The molecule has 0 aliphatic carbocycles. The minimum Gasteiger partial charge on any atom is -0.476 e. The Balaban J connectivity index is 2.10. The molecule has 1 heterocycles. The predicted molar refractivity (Wildman–Crippen MR) is 76.2 cm³/mol. The molecule has 0 radical (unpaired) electrons. The van der Waals surface area contributed by atoms with E-state index in [2.05, 4.69) is 15.6 Å². The van der Waals surface area contributed by atoms with Crippen LogP contribution in [-0.4, -0.2) is 32.0 Å². The highest BCUT2D eigenvalue weighted by Crippen LogP contribution is 2.15. The minimum atomic E-state index is -1.16. The maximum Gasteiger partial charge on any atom is 0.358 e. The summed E-state index contributed by atoms with van der Waals surface area (Å²) >= 11 is 0. The second kappa shape index (κ2) is 6.17. The second-order valence-electron chi connectivity index (χ2n) is 4.55. The van der Waals surface area contributed by atoms with Crippen molar-refractivity contribution in [1.82, 2.24) is 15.0 Å². The van der Waals surface area contributed by atoms with Crippen molar-refractivity contribution < 1.29 is 14.7 Å². The Bertz CT molecular complexity index is 679. The van der Waals surface area contributed by atoms with Gasteiger partial charge in [-0.25, -0.2) is 9.48 Å². The van der Waals surface area contributed by atoms with E-state index in [9.17, 15) is 9.59 Å². The van der Waals surface area contributed by atoms with Crippen molar-refractivity contribution in [2.45, 2.75) is 26.8 Å². The van der Waals surface area contributed by atoms with Gasteiger partial charge in [0.1, 0.15) is 6.54 Å². The van der Waals surface area contributed by atoms with E-state index in [-0.39, 0.29) is 18.1 Å². The summed E-state index contributed by atoms with van der Waals surface area (Å²) in [6.45, 7) is 3.49. The molecule has 2 rings (SSSR count). The number of carbonyl (C=O) groups excluding carboxylic acids is 1. The highest BCUT2D eigenvalue weighted by molar-refractivity contribution is 5.91. The van der Waals surface area contributed by atoms with Gasteiger partial charge < -0.3 is 10.4 Å². The third kappa shape index (κ3) is 3.25. The Morgan fingerprint density at radius 3 is 2.67 bits per heavy atom. The predicted octanol–water partition coefficient (Wildman–Crippen LogP) is 1.49. The fourth-order valence-electron chi connectivity index (χ4n) is 1.98. The molecule has 0 aliphatic heterocycles. The monoisotopic (exact) mass is 288 g/mol. The van der Waals surface area contributed by atoms with Crippen LogP contribution in [0.4, 0.5) is 5.69 Å². The number of nitrogens with zero attached hydrogens (tertiary/aromatic N) is 3. The van der Waals surface area contributed by atoms with E-state index in [0.29, 0.717) is 5.69 Å². The zero-order valence-corrected chi connectivity index (χ0v) is 11.8. The zero-order chi connectivity index (χ0) is 15.4. The molecule has 0 atom stereocenters. The molecule has 110 valence electrons. The lowest BCUT2D eigenvalue weighted by Crippen LogP contribution is -2.21. The molecule has 2 aromatic rings. The number of rotatable bonds is 5. The number of carboxylic acid groups (broad SMARTS) is 1. The quantitative estimate of drug-likeness (QED) is 0.868. The third-order valence-electron chi connectivity index (χ3n) is 3.15. The van der Waals surface area contributed by atoms with Gasteiger partial charge in [0.05, 0.1) is 5.69 Å². The van der Waals surface area contributed by atoms with Crippen LogP contribution >= 0.6 is 0 Å². The topological polar surface area (TPSA) is 97.1 Å². The fourth-order valence-corrected chi connectivity index (χ4v) is 1.98. The van der Waals surface area contributed by atoms with E-state index in [1.54, 1.807) is 6.92 Å². The maximum atomic E-state index is 12.0. The van der Waals surface area contributed by atoms with Crippen LogP contribution in [0.3, 0.4) is 0 Å². The lowest BCUT2D eigenvalue weighted by molar-refractivity contribution is -0.117. The molecule has 1 aromatic heterocycles. The number of para-hydroxylation sites is 1. The lowest BCUT2D eigenvalue weighted by Gasteiger charge is -2.10. The normalized spacial score (nSPS) is 10.4. The average Bonchev–Trinajstić information content (AvgIpc) is 2.81. The molecule has 1 aromatic carbocycles. The van der Waals surface area contributed by atoms with Gasteiger partial charge in [-0.05, 0) is 25.0 Å². The van der Waals surface area contributed by atoms with Crippen molar-refractivity contribution in [3.63, 3.8) is 0 Å². The first kappa shape index (κ1) is 14.7. The van der Waals surface area contributed by atoms with E-state index in [1.165, 1.54) is 4.68 Å². The SMILES string of the molecule is CCc1ccccc1NC(=O)Cn1nnc(C(=O)O)c1C. The number of benzene rings is 1. The summed E-state index contributed by atoms with van der Waals surface area (Å²) in [7, 11) is 0. The first-order valence-electron chi connectivity index (χ1n) is 6.54. The van der Waals surface area contributed by atoms with E-state index >= 15 is 0 Å². The number of carbonyl (C=O) groups is 2. The van der Waals surface area contributed by atoms with Gasteiger partial charge in [0.25, 0.3) is 0 Å². The standard InChI is InChI=1S/C14H16N4O3/c1-3-10-6-4-5-7-11(10)15-12(19)8-18-9(2)13(14(20)21)16-17-18/h4-7H,3,8H2,1-2H3,(H,15,19)(H,20,21). The summed E-state index contributed by atoms with van der Waals surface area (Å²) in [5.74, 6) is -1.43. The molecule has 0 fully saturated rings. The number of aryl methyl sites for hydroxylation is 1. The van der Waals surface area contributed by atoms with Crippen LogP contribution in [0.5, 0.6) is 0 Å². The van der Waals surface area contributed by atoms with Crippen LogP contribution in [0.1, 0.15) is 28.7 Å². The van der Waals surface area contributed by atoms with Crippen LogP contribution in [0.2, 0.25) is 0 Å². The first-order valence-corrected chi connectivity index (χ1v) is 6.54. The van der Waals surface area contributed by atoms with Crippen molar-refractivity contribution in [3.05, 3.63) is 41.2 Å². The average molecular weight is 288 g/mol. The van der Waals surface area contributed by atoms with Gasteiger partial charge in [0.2, 0.25) is 5.91 Å². The number of hydrogen-bond acceptors (Lipinski definition) is 4. The molecular weight excluding hydrogens is 272 g/mol. The third-order valence-corrected chi connectivity index (χ3v) is 3.15. The Morgan fingerprint density at radius 2 is 2.05 bits per heavy atom. The molecule has 7 heteroatoms. The number of anilines is 1. The molecule has 1 amide bonds. The Hall–Kier alpha value is -2.70. The molecule has 2 N–H and O–H groups in total. The molecule has 0 saturated carbocycles. The number of aromatic nitrogens is 3. The number of aromatic carboxylic acids is 1. The van der Waals surface area contributed by atoms with Crippen LogP contribution in [0.25, 0.3) is 0 Å². The number of amides is 1. The molecule has 0 unspecified atom stereocenters. The largest absolute Gasteiger partial charge is 0.476 e. The van der Waals surface area contributed by atoms with Crippen LogP contribution in [0.15, 0.2) is 24.3 Å². The van der Waals surface area contributed by atoms with Crippen LogP contribution in [-0.2, 0) is 17.8 Å². The van der Waals surface area contributed by atoms with Gasteiger partial charge >= 0.3 is 5.97 Å². The van der Waals surface area contributed by atoms with E-state index in [0.717, 1.165) is 17.7 Å². The summed E-state index contributed by atoms with van der Waals surface area (Å²) in [6.07, 6.45) is 0.808. The number of nitrogens with one attached hydrogen (secondary N) is 1. The second-order valence-corrected chi connectivity index (χ2v) is 4.55. The van der Waals surface area contributed by atoms with E-state index in [4.69, 9.17) is 5.11 Å². The summed E-state index contributed by atoms with van der Waals surface area (Å²) in [6, 6.07) is 7.53. The van der Waals surface area contributed by atoms with Crippen molar-refractivity contribution in [2.24, 2.45) is 0 Å². The molecule has 21 heavy (non-hydrogen) atoms. The van der Waals surface area contributed by atoms with Gasteiger partial charge in [-0.3, -0.25) is 4.79 Å². The van der Waals surface area contributed by atoms with Gasteiger partial charge in [-0.1, -0.05) is 30.3 Å². The Morgan fingerprint density at radius 1 is 1.33 bits per heavy atom. The molecule has 0 saturated heterocycles. The molecule has 0 spiro atoms.